The third-order valence-electron chi connectivity index (χ3n) is 1.98. The van der Waals surface area contributed by atoms with Crippen molar-refractivity contribution in [2.75, 3.05) is 0 Å². The van der Waals surface area contributed by atoms with Gasteiger partial charge >= 0.3 is 0 Å². The van der Waals surface area contributed by atoms with Crippen LogP contribution in [-0.2, 0) is 6.54 Å². The van der Waals surface area contributed by atoms with Crippen molar-refractivity contribution in [3.8, 4) is 0 Å². The molecular formula is C10H8Br2N2OS. The van der Waals surface area contributed by atoms with E-state index in [0.29, 0.717) is 11.4 Å². The van der Waals surface area contributed by atoms with E-state index in [4.69, 9.17) is 0 Å². The Morgan fingerprint density at radius 3 is 2.88 bits per heavy atom. The number of thiophene rings is 1. The fourth-order valence-electron chi connectivity index (χ4n) is 1.20. The van der Waals surface area contributed by atoms with E-state index in [0.717, 1.165) is 13.8 Å². The van der Waals surface area contributed by atoms with Crippen LogP contribution in [0.2, 0.25) is 0 Å². The molecular weight excluding hydrogens is 356 g/mol. The summed E-state index contributed by atoms with van der Waals surface area (Å²) in [6, 6.07) is 3.74. The maximum atomic E-state index is 11.8. The number of carbonyl (C=O) groups excluding carboxylic acids is 1. The van der Waals surface area contributed by atoms with Crippen molar-refractivity contribution in [1.29, 1.82) is 0 Å². The van der Waals surface area contributed by atoms with Crippen molar-refractivity contribution >= 4 is 49.1 Å². The number of rotatable bonds is 3. The molecule has 0 spiro atoms. The van der Waals surface area contributed by atoms with Gasteiger partial charge in [0.25, 0.3) is 5.91 Å². The first-order chi connectivity index (χ1) is 7.66. The topological polar surface area (TPSA) is 44.9 Å². The number of aromatic nitrogens is 1. The molecule has 2 heterocycles. The van der Waals surface area contributed by atoms with Gasteiger partial charge in [0.15, 0.2) is 0 Å². The maximum absolute atomic E-state index is 11.8. The average molecular weight is 364 g/mol. The number of hydrogen-bond acceptors (Lipinski definition) is 2. The monoisotopic (exact) mass is 362 g/mol. The highest BCUT2D eigenvalue weighted by molar-refractivity contribution is 9.13. The zero-order valence-electron chi connectivity index (χ0n) is 8.09. The Bertz CT molecular complexity index is 473. The van der Waals surface area contributed by atoms with E-state index in [1.54, 1.807) is 6.07 Å². The molecule has 6 heteroatoms. The summed E-state index contributed by atoms with van der Waals surface area (Å²) in [5, 5.41) is 2.85. The smallest absolute Gasteiger partial charge is 0.261 e. The summed E-state index contributed by atoms with van der Waals surface area (Å²) in [6.45, 7) is 0.537. The minimum atomic E-state index is -0.0578. The lowest BCUT2D eigenvalue weighted by Crippen LogP contribution is -2.21. The maximum Gasteiger partial charge on any atom is 0.261 e. The number of halogens is 2. The predicted molar refractivity (Wildman–Crippen MR) is 71.7 cm³/mol. The van der Waals surface area contributed by atoms with Crippen LogP contribution in [0.3, 0.4) is 0 Å². The zero-order chi connectivity index (χ0) is 11.5. The van der Waals surface area contributed by atoms with E-state index in [1.807, 2.05) is 18.5 Å². The minimum absolute atomic E-state index is 0.0578. The molecule has 0 fully saturated rings. The van der Waals surface area contributed by atoms with E-state index < -0.39 is 0 Å². The van der Waals surface area contributed by atoms with Gasteiger partial charge in [-0.2, -0.15) is 0 Å². The van der Waals surface area contributed by atoms with Crippen LogP contribution in [0, 0.1) is 0 Å². The van der Waals surface area contributed by atoms with Gasteiger partial charge < -0.3 is 10.3 Å². The second-order valence-electron chi connectivity index (χ2n) is 3.13. The Hall–Kier alpha value is -0.590. The molecule has 2 aromatic heterocycles. The van der Waals surface area contributed by atoms with Crippen LogP contribution in [0.25, 0.3) is 0 Å². The second-order valence-corrected chi connectivity index (χ2v) is 6.36. The van der Waals surface area contributed by atoms with Gasteiger partial charge in [-0.05, 0) is 49.6 Å². The van der Waals surface area contributed by atoms with Crippen molar-refractivity contribution in [1.82, 2.24) is 10.3 Å². The number of carbonyl (C=O) groups is 1. The highest BCUT2D eigenvalue weighted by Crippen LogP contribution is 2.32. The molecule has 84 valence electrons. The van der Waals surface area contributed by atoms with Crippen LogP contribution in [0.15, 0.2) is 32.8 Å². The summed E-state index contributed by atoms with van der Waals surface area (Å²) in [5.41, 5.74) is 1.06. The van der Waals surface area contributed by atoms with Crippen molar-refractivity contribution in [2.45, 2.75) is 6.54 Å². The van der Waals surface area contributed by atoms with Crippen molar-refractivity contribution in [3.63, 3.8) is 0 Å². The van der Waals surface area contributed by atoms with Gasteiger partial charge in [0, 0.05) is 23.4 Å². The molecule has 0 saturated heterocycles. The highest BCUT2D eigenvalue weighted by Gasteiger charge is 2.11. The van der Waals surface area contributed by atoms with Crippen LogP contribution in [0.4, 0.5) is 0 Å². The second kappa shape index (κ2) is 5.16. The lowest BCUT2D eigenvalue weighted by atomic mass is 10.3. The van der Waals surface area contributed by atoms with Crippen LogP contribution >= 0.6 is 43.2 Å². The van der Waals surface area contributed by atoms with Crippen molar-refractivity contribution in [3.05, 3.63) is 43.2 Å². The highest BCUT2D eigenvalue weighted by atomic mass is 79.9. The predicted octanol–water partition coefficient (Wildman–Crippen LogP) is 3.53. The molecule has 2 aromatic rings. The Morgan fingerprint density at radius 2 is 2.31 bits per heavy atom. The molecule has 0 aromatic carbocycles. The summed E-state index contributed by atoms with van der Waals surface area (Å²) in [5.74, 6) is -0.0578. The molecule has 16 heavy (non-hydrogen) atoms. The first kappa shape index (κ1) is 11.9. The van der Waals surface area contributed by atoms with E-state index in [2.05, 4.69) is 42.2 Å². The lowest BCUT2D eigenvalue weighted by molar-refractivity contribution is 0.0955. The van der Waals surface area contributed by atoms with E-state index >= 15 is 0 Å². The standard InChI is InChI=1S/C10H8Br2N2OS/c11-7-3-8(16-9(7)12)10(15)14-5-6-1-2-13-4-6/h1-4,13H,5H2,(H,14,15). The fraction of sp³-hybridized carbons (Fsp3) is 0.100. The van der Waals surface area contributed by atoms with E-state index in [9.17, 15) is 4.79 Å². The summed E-state index contributed by atoms with van der Waals surface area (Å²) in [4.78, 5) is 15.4. The summed E-state index contributed by atoms with van der Waals surface area (Å²) in [7, 11) is 0. The molecule has 0 aliphatic rings. The molecule has 0 radical (unpaired) electrons. The summed E-state index contributed by atoms with van der Waals surface area (Å²) in [6.07, 6.45) is 3.69. The first-order valence-corrected chi connectivity index (χ1v) is 6.92. The molecule has 0 atom stereocenters. The Labute approximate surface area is 114 Å². The molecule has 0 unspecified atom stereocenters. The molecule has 2 N–H and O–H groups in total. The molecule has 0 saturated carbocycles. The van der Waals surface area contributed by atoms with Gasteiger partial charge in [-0.1, -0.05) is 0 Å². The zero-order valence-corrected chi connectivity index (χ0v) is 12.1. The minimum Gasteiger partial charge on any atom is -0.367 e. The SMILES string of the molecule is O=C(NCc1cc[nH]c1)c1cc(Br)c(Br)s1. The number of hydrogen-bond donors (Lipinski definition) is 2. The quantitative estimate of drug-likeness (QED) is 0.860. The normalized spacial score (nSPS) is 10.4. The van der Waals surface area contributed by atoms with Crippen LogP contribution in [0.5, 0.6) is 0 Å². The molecule has 2 rings (SSSR count). The van der Waals surface area contributed by atoms with Crippen molar-refractivity contribution < 1.29 is 4.79 Å². The number of nitrogens with one attached hydrogen (secondary N) is 2. The summed E-state index contributed by atoms with van der Waals surface area (Å²) >= 11 is 8.12. The molecule has 3 nitrogen and oxygen atoms in total. The van der Waals surface area contributed by atoms with Gasteiger partial charge in [0.2, 0.25) is 0 Å². The van der Waals surface area contributed by atoms with E-state index in [1.165, 1.54) is 11.3 Å². The Kier molecular flexibility index (Phi) is 3.83. The third-order valence-corrected chi connectivity index (χ3v) is 5.24. The van der Waals surface area contributed by atoms with Gasteiger partial charge in [-0.3, -0.25) is 4.79 Å². The van der Waals surface area contributed by atoms with Crippen LogP contribution in [0.1, 0.15) is 15.2 Å². The molecule has 1 amide bonds. The molecule has 0 aliphatic heterocycles. The Morgan fingerprint density at radius 1 is 1.50 bits per heavy atom. The van der Waals surface area contributed by atoms with Gasteiger partial charge in [-0.25, -0.2) is 0 Å². The van der Waals surface area contributed by atoms with Gasteiger partial charge in [0.05, 0.1) is 8.66 Å². The van der Waals surface area contributed by atoms with Crippen molar-refractivity contribution in [2.24, 2.45) is 0 Å². The van der Waals surface area contributed by atoms with Crippen LogP contribution < -0.4 is 5.32 Å². The largest absolute Gasteiger partial charge is 0.367 e. The molecule has 0 bridgehead atoms. The number of amides is 1. The number of aromatic amines is 1. The summed E-state index contributed by atoms with van der Waals surface area (Å²) < 4.78 is 1.84. The average Bonchev–Trinajstić information content (AvgIpc) is 2.86. The van der Waals surface area contributed by atoms with E-state index in [-0.39, 0.29) is 5.91 Å². The Balaban J connectivity index is 1.98. The third kappa shape index (κ3) is 2.75. The van der Waals surface area contributed by atoms with Gasteiger partial charge in [0.1, 0.15) is 0 Å². The van der Waals surface area contributed by atoms with Crippen LogP contribution in [-0.4, -0.2) is 10.9 Å². The first-order valence-electron chi connectivity index (χ1n) is 4.51. The fourth-order valence-corrected chi connectivity index (χ4v) is 3.15. The number of H-pyrrole nitrogens is 1. The lowest BCUT2D eigenvalue weighted by Gasteiger charge is -2.00. The molecule has 0 aliphatic carbocycles. The van der Waals surface area contributed by atoms with Gasteiger partial charge in [-0.15, -0.1) is 11.3 Å².